The summed E-state index contributed by atoms with van der Waals surface area (Å²) in [6.45, 7) is 6.50. The molecular formula is C8H16N2O2S. The zero-order chi connectivity index (χ0) is 10.5. The number of rotatable bonds is 4. The number of nitrogens with one attached hydrogen (secondary N) is 1. The van der Waals surface area contributed by atoms with E-state index in [1.165, 1.54) is 0 Å². The van der Waals surface area contributed by atoms with E-state index in [1.54, 1.807) is 6.07 Å². The second-order valence-electron chi connectivity index (χ2n) is 4.12. The average Bonchev–Trinajstić information content (AvgIpc) is 1.82. The minimum atomic E-state index is -3.37. The lowest BCUT2D eigenvalue weighted by Gasteiger charge is -2.17. The minimum absolute atomic E-state index is 0.106. The number of nitrogens with zero attached hydrogens (tertiary/aromatic N) is 1. The van der Waals surface area contributed by atoms with Gasteiger partial charge in [-0.2, -0.15) is 5.26 Å². The summed E-state index contributed by atoms with van der Waals surface area (Å²) >= 11 is 0. The molecule has 0 aromatic heterocycles. The van der Waals surface area contributed by atoms with Gasteiger partial charge in [0.2, 0.25) is 10.0 Å². The van der Waals surface area contributed by atoms with Crippen LogP contribution in [0.4, 0.5) is 0 Å². The van der Waals surface area contributed by atoms with E-state index in [-0.39, 0.29) is 5.41 Å². The van der Waals surface area contributed by atoms with Crippen LogP contribution in [-0.4, -0.2) is 20.7 Å². The molecule has 1 N–H and O–H groups in total. The van der Waals surface area contributed by atoms with Crippen LogP contribution in [0.2, 0.25) is 0 Å². The largest absolute Gasteiger partial charge is 0.225 e. The number of hydrogen-bond acceptors (Lipinski definition) is 3. The van der Waals surface area contributed by atoms with E-state index >= 15 is 0 Å². The van der Waals surface area contributed by atoms with Crippen LogP contribution in [0.3, 0.4) is 0 Å². The quantitative estimate of drug-likeness (QED) is 0.738. The summed E-state index contributed by atoms with van der Waals surface area (Å²) in [6.07, 6.45) is 0.762. The molecule has 0 bridgehead atoms. The highest BCUT2D eigenvalue weighted by molar-refractivity contribution is 7.89. The van der Waals surface area contributed by atoms with Gasteiger partial charge in [-0.25, -0.2) is 13.1 Å². The molecule has 0 saturated carbocycles. The lowest BCUT2D eigenvalue weighted by Crippen LogP contribution is -2.29. The highest BCUT2D eigenvalue weighted by atomic mass is 32.2. The van der Waals surface area contributed by atoms with Crippen molar-refractivity contribution in [2.75, 3.05) is 12.3 Å². The summed E-state index contributed by atoms with van der Waals surface area (Å²) in [4.78, 5) is 0. The Hall–Kier alpha value is -0.600. The lowest BCUT2D eigenvalue weighted by atomic mass is 9.93. The van der Waals surface area contributed by atoms with Crippen molar-refractivity contribution in [2.45, 2.75) is 27.2 Å². The smallest absolute Gasteiger partial charge is 0.214 e. The molecule has 0 aromatic rings. The van der Waals surface area contributed by atoms with Gasteiger partial charge in [0.15, 0.2) is 5.75 Å². The van der Waals surface area contributed by atoms with Gasteiger partial charge in [0.25, 0.3) is 0 Å². The fraction of sp³-hybridized carbons (Fsp3) is 0.875. The molecule has 0 radical (unpaired) electrons. The lowest BCUT2D eigenvalue weighted by molar-refractivity contribution is 0.378. The van der Waals surface area contributed by atoms with Gasteiger partial charge in [0.1, 0.15) is 0 Å². The maximum absolute atomic E-state index is 11.0. The molecule has 0 fully saturated rings. The van der Waals surface area contributed by atoms with Gasteiger partial charge in [-0.3, -0.25) is 0 Å². The molecule has 0 rings (SSSR count). The molecule has 0 amide bonds. The zero-order valence-corrected chi connectivity index (χ0v) is 9.11. The molecule has 0 atom stereocenters. The Balaban J connectivity index is 3.86. The van der Waals surface area contributed by atoms with E-state index < -0.39 is 15.8 Å². The van der Waals surface area contributed by atoms with Gasteiger partial charge >= 0.3 is 0 Å². The van der Waals surface area contributed by atoms with Crippen LogP contribution < -0.4 is 4.72 Å². The SMILES string of the molecule is CC(C)(C)CCNS(=O)(=O)CC#N. The van der Waals surface area contributed by atoms with Crippen molar-refractivity contribution in [1.29, 1.82) is 5.26 Å². The van der Waals surface area contributed by atoms with Crippen LogP contribution in [0, 0.1) is 16.7 Å². The Bertz CT molecular complexity index is 282. The van der Waals surface area contributed by atoms with Crippen molar-refractivity contribution in [3.63, 3.8) is 0 Å². The molecular weight excluding hydrogens is 188 g/mol. The van der Waals surface area contributed by atoms with Crippen molar-refractivity contribution in [3.05, 3.63) is 0 Å². The van der Waals surface area contributed by atoms with E-state index in [9.17, 15) is 8.42 Å². The van der Waals surface area contributed by atoms with E-state index in [1.807, 2.05) is 20.8 Å². The highest BCUT2D eigenvalue weighted by Crippen LogP contribution is 2.16. The van der Waals surface area contributed by atoms with Crippen LogP contribution >= 0.6 is 0 Å². The molecule has 0 aliphatic rings. The normalized spacial score (nSPS) is 12.5. The maximum Gasteiger partial charge on any atom is 0.225 e. The van der Waals surface area contributed by atoms with Crippen molar-refractivity contribution in [1.82, 2.24) is 4.72 Å². The number of sulfonamides is 1. The topological polar surface area (TPSA) is 70.0 Å². The second-order valence-corrected chi connectivity index (χ2v) is 5.93. The fourth-order valence-corrected chi connectivity index (χ4v) is 1.40. The van der Waals surface area contributed by atoms with E-state index in [2.05, 4.69) is 4.72 Å². The van der Waals surface area contributed by atoms with Crippen LogP contribution in [0.1, 0.15) is 27.2 Å². The zero-order valence-electron chi connectivity index (χ0n) is 8.29. The van der Waals surface area contributed by atoms with Crippen molar-refractivity contribution in [3.8, 4) is 6.07 Å². The van der Waals surface area contributed by atoms with Crippen molar-refractivity contribution < 1.29 is 8.42 Å². The summed E-state index contributed by atoms with van der Waals surface area (Å²) in [5.41, 5.74) is 0.106. The minimum Gasteiger partial charge on any atom is -0.214 e. The van der Waals surface area contributed by atoms with E-state index in [4.69, 9.17) is 5.26 Å². The fourth-order valence-electron chi connectivity index (χ4n) is 0.718. The summed E-state index contributed by atoms with van der Waals surface area (Å²) in [5.74, 6) is -0.461. The molecule has 76 valence electrons. The highest BCUT2D eigenvalue weighted by Gasteiger charge is 2.13. The first-order chi connectivity index (χ1) is 5.77. The van der Waals surface area contributed by atoms with E-state index in [0.717, 1.165) is 6.42 Å². The van der Waals surface area contributed by atoms with Crippen molar-refractivity contribution in [2.24, 2.45) is 5.41 Å². The molecule has 13 heavy (non-hydrogen) atoms. The van der Waals surface area contributed by atoms with Crippen LogP contribution in [0.25, 0.3) is 0 Å². The molecule has 0 aliphatic carbocycles. The van der Waals surface area contributed by atoms with E-state index in [0.29, 0.717) is 6.54 Å². The molecule has 4 nitrogen and oxygen atoms in total. The predicted octanol–water partition coefficient (Wildman–Crippen LogP) is 0.866. The third-order valence-electron chi connectivity index (χ3n) is 1.45. The van der Waals surface area contributed by atoms with Gasteiger partial charge in [0, 0.05) is 6.54 Å². The van der Waals surface area contributed by atoms with Gasteiger partial charge in [-0.15, -0.1) is 0 Å². The third-order valence-corrected chi connectivity index (χ3v) is 2.60. The summed E-state index contributed by atoms with van der Waals surface area (Å²) in [6, 6.07) is 1.61. The molecule has 5 heteroatoms. The summed E-state index contributed by atoms with van der Waals surface area (Å²) in [5, 5.41) is 8.19. The Labute approximate surface area is 80.0 Å². The third kappa shape index (κ3) is 7.75. The molecule has 0 saturated heterocycles. The first-order valence-electron chi connectivity index (χ1n) is 4.11. The Morgan fingerprint density at radius 3 is 2.31 bits per heavy atom. The van der Waals surface area contributed by atoms with Crippen LogP contribution in [-0.2, 0) is 10.0 Å². The molecule has 0 aliphatic heterocycles. The summed E-state index contributed by atoms with van der Waals surface area (Å²) in [7, 11) is -3.37. The number of nitriles is 1. The van der Waals surface area contributed by atoms with Gasteiger partial charge in [-0.1, -0.05) is 20.8 Å². The van der Waals surface area contributed by atoms with Gasteiger partial charge < -0.3 is 0 Å². The summed E-state index contributed by atoms with van der Waals surface area (Å²) < 4.78 is 24.3. The molecule has 0 aromatic carbocycles. The van der Waals surface area contributed by atoms with Gasteiger partial charge in [-0.05, 0) is 11.8 Å². The second kappa shape index (κ2) is 4.58. The van der Waals surface area contributed by atoms with Crippen LogP contribution in [0.5, 0.6) is 0 Å². The average molecular weight is 204 g/mol. The number of hydrogen-bond donors (Lipinski definition) is 1. The standard InChI is InChI=1S/C8H16N2O2S/c1-8(2,3)4-6-10-13(11,12)7-5-9/h10H,4,6-7H2,1-3H3. The molecule has 0 heterocycles. The Morgan fingerprint density at radius 2 is 1.92 bits per heavy atom. The van der Waals surface area contributed by atoms with Crippen molar-refractivity contribution >= 4 is 10.0 Å². The Morgan fingerprint density at radius 1 is 1.38 bits per heavy atom. The molecule has 0 unspecified atom stereocenters. The van der Waals surface area contributed by atoms with Gasteiger partial charge in [0.05, 0.1) is 6.07 Å². The van der Waals surface area contributed by atoms with Crippen LogP contribution in [0.15, 0.2) is 0 Å². The first-order valence-corrected chi connectivity index (χ1v) is 5.76. The first kappa shape index (κ1) is 12.4. The monoisotopic (exact) mass is 204 g/mol. The predicted molar refractivity (Wildman–Crippen MR) is 51.5 cm³/mol. The Kier molecular flexibility index (Phi) is 4.37. The molecule has 0 spiro atoms. The maximum atomic E-state index is 11.0.